The number of nitrogens with two attached hydrogens (primary N) is 1. The number of benzene rings is 1. The molecule has 2 N–H and O–H groups in total. The Hall–Kier alpha value is -1.27. The van der Waals surface area contributed by atoms with Crippen molar-refractivity contribution >= 4 is 5.69 Å². The van der Waals surface area contributed by atoms with Crippen molar-refractivity contribution in [2.24, 2.45) is 0 Å². The molecule has 1 saturated heterocycles. The average molecular weight is 302 g/mol. The van der Waals surface area contributed by atoms with Gasteiger partial charge in [0.1, 0.15) is 0 Å². The minimum Gasteiger partial charge on any atom is -0.399 e. The van der Waals surface area contributed by atoms with Gasteiger partial charge in [0.25, 0.3) is 0 Å². The lowest BCUT2D eigenvalue weighted by Crippen LogP contribution is -2.32. The van der Waals surface area contributed by atoms with Gasteiger partial charge in [0, 0.05) is 25.4 Å². The summed E-state index contributed by atoms with van der Waals surface area (Å²) in [5, 5.41) is 0. The van der Waals surface area contributed by atoms with Gasteiger partial charge in [-0.15, -0.1) is 0 Å². The molecule has 1 unspecified atom stereocenters. The first-order valence-corrected chi connectivity index (χ1v) is 7.19. The van der Waals surface area contributed by atoms with Crippen molar-refractivity contribution in [2.45, 2.75) is 38.6 Å². The summed E-state index contributed by atoms with van der Waals surface area (Å²) >= 11 is 0. The monoisotopic (exact) mass is 302 g/mol. The van der Waals surface area contributed by atoms with Gasteiger partial charge in [-0.3, -0.25) is 4.90 Å². The van der Waals surface area contributed by atoms with Crippen LogP contribution in [-0.4, -0.2) is 30.7 Å². The third-order valence-corrected chi connectivity index (χ3v) is 3.77. The number of rotatable bonds is 5. The second kappa shape index (κ2) is 6.66. The molecule has 21 heavy (non-hydrogen) atoms. The third-order valence-electron chi connectivity index (χ3n) is 3.77. The van der Waals surface area contributed by atoms with Crippen molar-refractivity contribution in [3.05, 3.63) is 29.3 Å². The zero-order valence-corrected chi connectivity index (χ0v) is 12.1. The highest BCUT2D eigenvalue weighted by Crippen LogP contribution is 2.34. The fourth-order valence-electron chi connectivity index (χ4n) is 2.62. The molecule has 0 radical (unpaired) electrons. The van der Waals surface area contributed by atoms with E-state index in [4.69, 9.17) is 10.5 Å². The van der Waals surface area contributed by atoms with Gasteiger partial charge in [-0.2, -0.15) is 13.2 Å². The summed E-state index contributed by atoms with van der Waals surface area (Å²) in [6.07, 6.45) is -2.25. The Kier molecular flexibility index (Phi) is 5.11. The maximum absolute atomic E-state index is 13.1. The number of alkyl halides is 3. The van der Waals surface area contributed by atoms with E-state index in [0.29, 0.717) is 13.1 Å². The van der Waals surface area contributed by atoms with Gasteiger partial charge in [0.15, 0.2) is 0 Å². The van der Waals surface area contributed by atoms with E-state index < -0.39 is 11.7 Å². The van der Waals surface area contributed by atoms with Gasteiger partial charge in [0.2, 0.25) is 0 Å². The summed E-state index contributed by atoms with van der Waals surface area (Å²) in [7, 11) is 0. The molecule has 1 aromatic rings. The van der Waals surface area contributed by atoms with E-state index in [1.807, 2.05) is 11.8 Å². The van der Waals surface area contributed by atoms with E-state index in [0.717, 1.165) is 25.5 Å². The molecule has 0 saturated carbocycles. The van der Waals surface area contributed by atoms with Gasteiger partial charge in [-0.05, 0) is 37.1 Å². The first-order valence-electron chi connectivity index (χ1n) is 7.19. The zero-order valence-electron chi connectivity index (χ0n) is 12.1. The number of hydrogen-bond acceptors (Lipinski definition) is 3. The molecule has 3 nitrogen and oxygen atoms in total. The van der Waals surface area contributed by atoms with E-state index in [1.54, 1.807) is 0 Å². The quantitative estimate of drug-likeness (QED) is 0.848. The number of nitrogens with zero attached hydrogens (tertiary/aromatic N) is 1. The summed E-state index contributed by atoms with van der Waals surface area (Å²) < 4.78 is 44.8. The van der Waals surface area contributed by atoms with E-state index >= 15 is 0 Å². The number of hydrogen-bond donors (Lipinski definition) is 1. The molecule has 1 heterocycles. The van der Waals surface area contributed by atoms with Crippen LogP contribution in [0.25, 0.3) is 0 Å². The lowest BCUT2D eigenvalue weighted by molar-refractivity contribution is -0.138. The van der Waals surface area contributed by atoms with Crippen LogP contribution in [-0.2, 0) is 17.5 Å². The first kappa shape index (κ1) is 16.1. The molecule has 0 spiro atoms. The second-order valence-corrected chi connectivity index (χ2v) is 5.38. The highest BCUT2D eigenvalue weighted by atomic mass is 19.4. The molecule has 0 aliphatic carbocycles. The lowest BCUT2D eigenvalue weighted by Gasteiger charge is -2.25. The Bertz CT molecular complexity index is 470. The van der Waals surface area contributed by atoms with Crippen LogP contribution in [0.5, 0.6) is 0 Å². The molecule has 0 amide bonds. The standard InChI is InChI=1S/C15H21F3N2O/c1-2-20(10-13-4-3-7-21-13)9-11-5-6-12(19)8-14(11)15(16,17)18/h5-6,8,13H,2-4,7,9-10,19H2,1H3. The summed E-state index contributed by atoms with van der Waals surface area (Å²) in [6.45, 7) is 4.29. The topological polar surface area (TPSA) is 38.5 Å². The first-order chi connectivity index (χ1) is 9.90. The van der Waals surface area contributed by atoms with Crippen molar-refractivity contribution < 1.29 is 17.9 Å². The summed E-state index contributed by atoms with van der Waals surface area (Å²) in [6, 6.07) is 4.00. The van der Waals surface area contributed by atoms with Gasteiger partial charge >= 0.3 is 6.18 Å². The van der Waals surface area contributed by atoms with Gasteiger partial charge in [-0.1, -0.05) is 13.0 Å². The normalized spacial score (nSPS) is 19.4. The Labute approximate surface area is 122 Å². The smallest absolute Gasteiger partial charge is 0.399 e. The van der Waals surface area contributed by atoms with Crippen LogP contribution >= 0.6 is 0 Å². The Morgan fingerprint density at radius 3 is 2.71 bits per heavy atom. The predicted molar refractivity (Wildman–Crippen MR) is 75.8 cm³/mol. The van der Waals surface area contributed by atoms with E-state index in [-0.39, 0.29) is 23.9 Å². The summed E-state index contributed by atoms with van der Waals surface area (Å²) in [5.74, 6) is 0. The molecule has 1 aromatic carbocycles. The van der Waals surface area contributed by atoms with Gasteiger partial charge in [0.05, 0.1) is 11.7 Å². The van der Waals surface area contributed by atoms with Gasteiger partial charge in [-0.25, -0.2) is 0 Å². The molecular formula is C15H21F3N2O. The fourth-order valence-corrected chi connectivity index (χ4v) is 2.62. The van der Waals surface area contributed by atoms with Crippen LogP contribution in [0.2, 0.25) is 0 Å². The zero-order chi connectivity index (χ0) is 15.5. The maximum atomic E-state index is 13.1. The van der Waals surface area contributed by atoms with Crippen molar-refractivity contribution in [2.75, 3.05) is 25.4 Å². The SMILES string of the molecule is CCN(Cc1ccc(N)cc1C(F)(F)F)CC1CCCO1. The molecule has 0 aromatic heterocycles. The minimum absolute atomic E-state index is 0.132. The molecule has 1 aliphatic rings. The van der Waals surface area contributed by atoms with Crippen LogP contribution in [0.4, 0.5) is 18.9 Å². The largest absolute Gasteiger partial charge is 0.416 e. The summed E-state index contributed by atoms with van der Waals surface area (Å²) in [5.41, 5.74) is 5.23. The molecule has 118 valence electrons. The highest BCUT2D eigenvalue weighted by molar-refractivity contribution is 5.46. The molecule has 1 atom stereocenters. The molecular weight excluding hydrogens is 281 g/mol. The molecule has 0 bridgehead atoms. The lowest BCUT2D eigenvalue weighted by atomic mass is 10.0. The third kappa shape index (κ3) is 4.35. The van der Waals surface area contributed by atoms with Crippen molar-refractivity contribution in [3.63, 3.8) is 0 Å². The Balaban J connectivity index is 2.12. The van der Waals surface area contributed by atoms with Crippen molar-refractivity contribution in [1.29, 1.82) is 0 Å². The Morgan fingerprint density at radius 1 is 1.38 bits per heavy atom. The average Bonchev–Trinajstić information content (AvgIpc) is 2.91. The van der Waals surface area contributed by atoms with Crippen LogP contribution in [0.1, 0.15) is 30.9 Å². The van der Waals surface area contributed by atoms with E-state index in [9.17, 15) is 13.2 Å². The van der Waals surface area contributed by atoms with Crippen LogP contribution in [0.15, 0.2) is 18.2 Å². The predicted octanol–water partition coefficient (Wildman–Crippen LogP) is 3.29. The van der Waals surface area contributed by atoms with E-state index in [2.05, 4.69) is 0 Å². The number of likely N-dealkylation sites (N-methyl/N-ethyl adjacent to an activating group) is 1. The maximum Gasteiger partial charge on any atom is 0.416 e. The summed E-state index contributed by atoms with van der Waals surface area (Å²) in [4.78, 5) is 1.98. The molecule has 6 heteroatoms. The number of ether oxygens (including phenoxy) is 1. The van der Waals surface area contributed by atoms with E-state index in [1.165, 1.54) is 12.1 Å². The number of anilines is 1. The van der Waals surface area contributed by atoms with Crippen molar-refractivity contribution in [1.82, 2.24) is 4.90 Å². The minimum atomic E-state index is -4.38. The Morgan fingerprint density at radius 2 is 2.14 bits per heavy atom. The molecule has 1 aliphatic heterocycles. The number of nitrogen functional groups attached to an aromatic ring is 1. The highest BCUT2D eigenvalue weighted by Gasteiger charge is 2.34. The second-order valence-electron chi connectivity index (χ2n) is 5.38. The molecule has 1 fully saturated rings. The van der Waals surface area contributed by atoms with Crippen LogP contribution < -0.4 is 5.73 Å². The van der Waals surface area contributed by atoms with Crippen molar-refractivity contribution in [3.8, 4) is 0 Å². The van der Waals surface area contributed by atoms with Crippen LogP contribution in [0.3, 0.4) is 0 Å². The molecule has 2 rings (SSSR count). The number of halogens is 3. The van der Waals surface area contributed by atoms with Crippen LogP contribution in [0, 0.1) is 0 Å². The fraction of sp³-hybridized carbons (Fsp3) is 0.600. The van der Waals surface area contributed by atoms with Gasteiger partial charge < -0.3 is 10.5 Å².